The van der Waals surface area contributed by atoms with Crippen molar-refractivity contribution in [3.05, 3.63) is 35.4 Å². The highest BCUT2D eigenvalue weighted by Crippen LogP contribution is 2.15. The van der Waals surface area contributed by atoms with E-state index in [0.717, 1.165) is 17.4 Å². The molecule has 3 atom stereocenters. The van der Waals surface area contributed by atoms with E-state index < -0.39 is 18.0 Å². The Labute approximate surface area is 190 Å². The van der Waals surface area contributed by atoms with Crippen LogP contribution >= 0.6 is 11.8 Å². The molecule has 0 unspecified atom stereocenters. The molecule has 0 spiro atoms. The van der Waals surface area contributed by atoms with Gasteiger partial charge in [-0.05, 0) is 49.7 Å². The van der Waals surface area contributed by atoms with Gasteiger partial charge in [-0.25, -0.2) is 0 Å². The minimum Gasteiger partial charge on any atom is -0.345 e. The maximum Gasteiger partial charge on any atom is 0.243 e. The highest BCUT2D eigenvalue weighted by atomic mass is 32.2. The SMILES string of the molecule is CSCC[C@H](NC(=O)[C@H](CC(C)C)NC(C)=O)C(=O)C[C@H](C=O)Cc1ccc(C)cc1. The first-order valence-corrected chi connectivity index (χ1v) is 12.2. The standard InChI is InChI=1S/C24H36N2O4S/c1-16(2)12-22(25-18(4)28)24(30)26-21(10-11-31-5)23(29)14-20(15-27)13-19-8-6-17(3)7-9-19/h6-9,15-16,20-22H,10-14H2,1-5H3,(H,25,28)(H,26,30)/t20-,21+,22+/m1/s1. The van der Waals surface area contributed by atoms with Gasteiger partial charge in [-0.1, -0.05) is 43.7 Å². The monoisotopic (exact) mass is 448 g/mol. The van der Waals surface area contributed by atoms with Crippen LogP contribution in [0.4, 0.5) is 0 Å². The van der Waals surface area contributed by atoms with Gasteiger partial charge in [0.1, 0.15) is 12.3 Å². The van der Waals surface area contributed by atoms with E-state index in [1.54, 1.807) is 11.8 Å². The molecule has 0 aliphatic rings. The maximum atomic E-state index is 13.0. The zero-order valence-corrected chi connectivity index (χ0v) is 20.1. The molecule has 1 rings (SSSR count). The van der Waals surface area contributed by atoms with Crippen molar-refractivity contribution in [3.63, 3.8) is 0 Å². The number of amides is 2. The Morgan fingerprint density at radius 1 is 1.06 bits per heavy atom. The van der Waals surface area contributed by atoms with Gasteiger partial charge < -0.3 is 15.4 Å². The third-order valence-corrected chi connectivity index (χ3v) is 5.64. The average Bonchev–Trinajstić information content (AvgIpc) is 2.70. The van der Waals surface area contributed by atoms with Crippen LogP contribution in [-0.4, -0.2) is 48.0 Å². The van der Waals surface area contributed by atoms with Crippen LogP contribution in [-0.2, 0) is 25.6 Å². The largest absolute Gasteiger partial charge is 0.345 e. The summed E-state index contributed by atoms with van der Waals surface area (Å²) in [5.41, 5.74) is 2.14. The van der Waals surface area contributed by atoms with Crippen LogP contribution in [0.1, 0.15) is 51.2 Å². The van der Waals surface area contributed by atoms with Crippen molar-refractivity contribution < 1.29 is 19.2 Å². The molecular formula is C24H36N2O4S. The number of hydrogen-bond acceptors (Lipinski definition) is 5. The predicted molar refractivity (Wildman–Crippen MR) is 126 cm³/mol. The second-order valence-corrected chi connectivity index (χ2v) is 9.47. The molecule has 1 aromatic rings. The molecule has 7 heteroatoms. The van der Waals surface area contributed by atoms with Crippen LogP contribution in [0.5, 0.6) is 0 Å². The molecule has 31 heavy (non-hydrogen) atoms. The molecule has 0 aromatic heterocycles. The topological polar surface area (TPSA) is 92.3 Å². The lowest BCUT2D eigenvalue weighted by Gasteiger charge is -2.24. The Morgan fingerprint density at radius 2 is 1.71 bits per heavy atom. The number of hydrogen-bond donors (Lipinski definition) is 2. The van der Waals surface area contributed by atoms with Gasteiger partial charge in [-0.15, -0.1) is 0 Å². The molecule has 2 amide bonds. The van der Waals surface area contributed by atoms with E-state index in [9.17, 15) is 19.2 Å². The van der Waals surface area contributed by atoms with Gasteiger partial charge in [-0.3, -0.25) is 14.4 Å². The molecule has 0 bridgehead atoms. The number of carbonyl (C=O) groups excluding carboxylic acids is 4. The van der Waals surface area contributed by atoms with Gasteiger partial charge in [0.2, 0.25) is 11.8 Å². The number of benzene rings is 1. The first-order chi connectivity index (χ1) is 14.7. The van der Waals surface area contributed by atoms with Crippen molar-refractivity contribution in [1.82, 2.24) is 10.6 Å². The number of ketones is 1. The molecule has 0 saturated heterocycles. The molecule has 0 aliphatic heterocycles. The number of aryl methyl sites for hydroxylation is 1. The van der Waals surface area contributed by atoms with Crippen molar-refractivity contribution in [2.45, 2.75) is 65.5 Å². The summed E-state index contributed by atoms with van der Waals surface area (Å²) in [5.74, 6) is -0.327. The van der Waals surface area contributed by atoms with Gasteiger partial charge in [0, 0.05) is 19.3 Å². The molecule has 172 valence electrons. The van der Waals surface area contributed by atoms with E-state index >= 15 is 0 Å². The van der Waals surface area contributed by atoms with Crippen LogP contribution < -0.4 is 10.6 Å². The van der Waals surface area contributed by atoms with Crippen molar-refractivity contribution in [3.8, 4) is 0 Å². The van der Waals surface area contributed by atoms with Crippen LogP contribution in [0.3, 0.4) is 0 Å². The molecule has 0 saturated carbocycles. The second-order valence-electron chi connectivity index (χ2n) is 8.48. The summed E-state index contributed by atoms with van der Waals surface area (Å²) in [6, 6.07) is 6.54. The minimum atomic E-state index is -0.684. The summed E-state index contributed by atoms with van der Waals surface area (Å²) in [6.45, 7) is 7.31. The van der Waals surface area contributed by atoms with Gasteiger partial charge in [-0.2, -0.15) is 11.8 Å². The molecule has 0 aliphatic carbocycles. The number of Topliss-reactive ketones (excluding diaryl/α,β-unsaturated/α-hetero) is 1. The van der Waals surface area contributed by atoms with E-state index in [-0.39, 0.29) is 29.9 Å². The van der Waals surface area contributed by atoms with Crippen LogP contribution in [0.2, 0.25) is 0 Å². The highest BCUT2D eigenvalue weighted by Gasteiger charge is 2.28. The van der Waals surface area contributed by atoms with E-state index in [4.69, 9.17) is 0 Å². The second kappa shape index (κ2) is 14.0. The Bertz CT molecular complexity index is 734. The lowest BCUT2D eigenvalue weighted by molar-refractivity contribution is -0.132. The smallest absolute Gasteiger partial charge is 0.243 e. The van der Waals surface area contributed by atoms with E-state index in [1.807, 2.05) is 51.3 Å². The van der Waals surface area contributed by atoms with Crippen molar-refractivity contribution in [1.29, 1.82) is 0 Å². The number of aldehydes is 1. The van der Waals surface area contributed by atoms with Crippen LogP contribution in [0, 0.1) is 18.8 Å². The lowest BCUT2D eigenvalue weighted by Crippen LogP contribution is -2.52. The fraction of sp³-hybridized carbons (Fsp3) is 0.583. The molecule has 2 N–H and O–H groups in total. The summed E-state index contributed by atoms with van der Waals surface area (Å²) in [5, 5.41) is 5.51. The third-order valence-electron chi connectivity index (χ3n) is 4.99. The molecular weight excluding hydrogens is 412 g/mol. The van der Waals surface area contributed by atoms with E-state index in [0.29, 0.717) is 25.0 Å². The Kier molecular flexibility index (Phi) is 12.2. The predicted octanol–water partition coefficient (Wildman–Crippen LogP) is 3.10. The summed E-state index contributed by atoms with van der Waals surface area (Å²) >= 11 is 1.59. The Hall–Kier alpha value is -2.15. The number of rotatable bonds is 14. The molecule has 0 heterocycles. The van der Waals surface area contributed by atoms with Crippen molar-refractivity contribution in [2.75, 3.05) is 12.0 Å². The van der Waals surface area contributed by atoms with Crippen molar-refractivity contribution >= 4 is 35.6 Å². The van der Waals surface area contributed by atoms with Gasteiger partial charge in [0.15, 0.2) is 5.78 Å². The van der Waals surface area contributed by atoms with E-state index in [1.165, 1.54) is 6.92 Å². The average molecular weight is 449 g/mol. The van der Waals surface area contributed by atoms with Crippen LogP contribution in [0.15, 0.2) is 24.3 Å². The van der Waals surface area contributed by atoms with Crippen LogP contribution in [0.25, 0.3) is 0 Å². The zero-order chi connectivity index (χ0) is 23.4. The zero-order valence-electron chi connectivity index (χ0n) is 19.3. The molecule has 1 aromatic carbocycles. The Balaban J connectivity index is 2.85. The highest BCUT2D eigenvalue weighted by molar-refractivity contribution is 7.98. The fourth-order valence-corrected chi connectivity index (χ4v) is 3.84. The number of carbonyl (C=O) groups is 4. The summed E-state index contributed by atoms with van der Waals surface area (Å²) in [6.07, 6.45) is 4.29. The number of thioether (sulfide) groups is 1. The molecule has 0 radical (unpaired) electrons. The van der Waals surface area contributed by atoms with Crippen molar-refractivity contribution in [2.24, 2.45) is 11.8 Å². The number of nitrogens with one attached hydrogen (secondary N) is 2. The first-order valence-electron chi connectivity index (χ1n) is 10.8. The van der Waals surface area contributed by atoms with Gasteiger partial charge in [0.25, 0.3) is 0 Å². The van der Waals surface area contributed by atoms with E-state index in [2.05, 4.69) is 10.6 Å². The fourth-order valence-electron chi connectivity index (χ4n) is 3.37. The minimum absolute atomic E-state index is 0.0751. The summed E-state index contributed by atoms with van der Waals surface area (Å²) in [4.78, 5) is 49.0. The van der Waals surface area contributed by atoms with Gasteiger partial charge >= 0.3 is 0 Å². The summed E-state index contributed by atoms with van der Waals surface area (Å²) < 4.78 is 0. The Morgan fingerprint density at radius 3 is 2.23 bits per heavy atom. The van der Waals surface area contributed by atoms with Gasteiger partial charge in [0.05, 0.1) is 6.04 Å². The lowest BCUT2D eigenvalue weighted by atomic mass is 9.92. The maximum absolute atomic E-state index is 13.0. The quantitative estimate of drug-likeness (QED) is 0.427. The third kappa shape index (κ3) is 10.6. The normalized spacial score (nSPS) is 13.9. The first kappa shape index (κ1) is 26.9. The molecule has 0 fully saturated rings. The summed E-state index contributed by atoms with van der Waals surface area (Å²) in [7, 11) is 0. The molecule has 6 nitrogen and oxygen atoms in total.